The van der Waals surface area contributed by atoms with Crippen LogP contribution in [0.5, 0.6) is 0 Å². The second-order valence-corrected chi connectivity index (χ2v) is 4.46. The molecule has 1 aromatic carbocycles. The fourth-order valence-corrected chi connectivity index (χ4v) is 1.90. The number of nitrogens with one attached hydrogen (secondary N) is 2. The predicted octanol–water partition coefficient (Wildman–Crippen LogP) is 2.14. The van der Waals surface area contributed by atoms with Crippen molar-refractivity contribution in [1.29, 1.82) is 0 Å². The van der Waals surface area contributed by atoms with Crippen LogP contribution in [0.3, 0.4) is 0 Å². The van der Waals surface area contributed by atoms with Gasteiger partial charge in [0.05, 0.1) is 6.61 Å². The molecule has 5 heteroatoms. The van der Waals surface area contributed by atoms with Crippen LogP contribution in [0.15, 0.2) is 22.7 Å². The molecular weight excluding hydrogens is 284 g/mol. The quantitative estimate of drug-likeness (QED) is 0.846. The smallest absolute Gasteiger partial charge is 0.225 e. The summed E-state index contributed by atoms with van der Waals surface area (Å²) in [5.74, 6) is -0.00481. The molecule has 0 aliphatic carbocycles. The van der Waals surface area contributed by atoms with Gasteiger partial charge in [0.1, 0.15) is 0 Å². The number of anilines is 1. The maximum Gasteiger partial charge on any atom is 0.225 e. The Hall–Kier alpha value is -0.910. The van der Waals surface area contributed by atoms with Crippen molar-refractivity contribution < 1.29 is 9.53 Å². The van der Waals surface area contributed by atoms with E-state index in [9.17, 15) is 4.79 Å². The van der Waals surface area contributed by atoms with Gasteiger partial charge in [0.25, 0.3) is 0 Å². The third kappa shape index (κ3) is 4.46. The van der Waals surface area contributed by atoms with Crippen molar-refractivity contribution in [2.75, 3.05) is 26.0 Å². The molecule has 0 fully saturated rings. The lowest BCUT2D eigenvalue weighted by atomic mass is 10.2. The highest BCUT2D eigenvalue weighted by molar-refractivity contribution is 9.10. The minimum Gasteiger partial charge on any atom is -0.380 e. The summed E-state index contributed by atoms with van der Waals surface area (Å²) in [6.45, 7) is 1.13. The molecule has 1 aromatic rings. The summed E-state index contributed by atoms with van der Waals surface area (Å²) in [4.78, 5) is 11.6. The van der Waals surface area contributed by atoms with E-state index in [1.807, 2.05) is 25.2 Å². The lowest BCUT2D eigenvalue weighted by Gasteiger charge is -2.12. The normalized spacial score (nSPS) is 10.3. The molecule has 0 aliphatic heterocycles. The molecule has 0 heterocycles. The average molecular weight is 301 g/mol. The molecule has 4 nitrogen and oxygen atoms in total. The van der Waals surface area contributed by atoms with E-state index in [1.54, 1.807) is 7.11 Å². The number of methoxy groups -OCH3 is 1. The summed E-state index contributed by atoms with van der Waals surface area (Å²) in [5, 5.41) is 5.82. The topological polar surface area (TPSA) is 50.4 Å². The first-order valence-electron chi connectivity index (χ1n) is 5.39. The fourth-order valence-electron chi connectivity index (χ4n) is 1.42. The molecule has 17 heavy (non-hydrogen) atoms. The van der Waals surface area contributed by atoms with Crippen molar-refractivity contribution in [2.45, 2.75) is 13.0 Å². The average Bonchev–Trinajstić information content (AvgIpc) is 2.31. The molecule has 0 atom stereocenters. The molecule has 2 N–H and O–H groups in total. The second-order valence-electron chi connectivity index (χ2n) is 3.60. The molecular formula is C12H17BrN2O2. The van der Waals surface area contributed by atoms with Crippen LogP contribution in [-0.2, 0) is 16.1 Å². The van der Waals surface area contributed by atoms with Crippen LogP contribution in [0, 0.1) is 0 Å². The number of amides is 1. The zero-order valence-electron chi connectivity index (χ0n) is 10.0. The number of hydrogen-bond donors (Lipinski definition) is 2. The number of carbonyl (C=O) groups is 1. The SMILES string of the molecule is CNCCC(=O)Nc1cccc(Br)c1COC. The first-order chi connectivity index (χ1) is 8.19. The van der Waals surface area contributed by atoms with E-state index in [-0.39, 0.29) is 5.91 Å². The molecule has 1 amide bonds. The number of hydrogen-bond acceptors (Lipinski definition) is 3. The molecule has 0 aromatic heterocycles. The maximum atomic E-state index is 11.6. The Morgan fingerprint density at radius 2 is 2.24 bits per heavy atom. The largest absolute Gasteiger partial charge is 0.380 e. The van der Waals surface area contributed by atoms with Gasteiger partial charge < -0.3 is 15.4 Å². The zero-order chi connectivity index (χ0) is 12.7. The van der Waals surface area contributed by atoms with Gasteiger partial charge in [-0.1, -0.05) is 22.0 Å². The summed E-state index contributed by atoms with van der Waals surface area (Å²) in [5.41, 5.74) is 1.75. The van der Waals surface area contributed by atoms with Crippen LogP contribution >= 0.6 is 15.9 Å². The van der Waals surface area contributed by atoms with Crippen LogP contribution in [0.1, 0.15) is 12.0 Å². The monoisotopic (exact) mass is 300 g/mol. The van der Waals surface area contributed by atoms with Gasteiger partial charge in [-0.2, -0.15) is 0 Å². The van der Waals surface area contributed by atoms with Crippen molar-refractivity contribution in [1.82, 2.24) is 5.32 Å². The Labute approximate surface area is 110 Å². The van der Waals surface area contributed by atoms with Gasteiger partial charge in [0.2, 0.25) is 5.91 Å². The molecule has 0 bridgehead atoms. The number of halogens is 1. The number of carbonyl (C=O) groups excluding carboxylic acids is 1. The lowest BCUT2D eigenvalue weighted by Crippen LogP contribution is -2.19. The third-order valence-corrected chi connectivity index (χ3v) is 3.03. The van der Waals surface area contributed by atoms with E-state index >= 15 is 0 Å². The third-order valence-electron chi connectivity index (χ3n) is 2.28. The van der Waals surface area contributed by atoms with Crippen molar-refractivity contribution in [3.05, 3.63) is 28.2 Å². The molecule has 0 spiro atoms. The van der Waals surface area contributed by atoms with E-state index in [0.29, 0.717) is 19.6 Å². The van der Waals surface area contributed by atoms with Crippen LogP contribution in [0.25, 0.3) is 0 Å². The minimum atomic E-state index is -0.00481. The number of rotatable bonds is 6. The standard InChI is InChI=1S/C12H17BrN2O2/c1-14-7-6-12(16)15-11-5-3-4-10(13)9(11)8-17-2/h3-5,14H,6-8H2,1-2H3,(H,15,16). The van der Waals surface area contributed by atoms with Gasteiger partial charge in [-0.15, -0.1) is 0 Å². The first kappa shape index (κ1) is 14.2. The summed E-state index contributed by atoms with van der Waals surface area (Å²) in [6.07, 6.45) is 0.454. The molecule has 0 aliphatic rings. The van der Waals surface area contributed by atoms with Gasteiger partial charge in [0, 0.05) is 35.8 Å². The minimum absolute atomic E-state index is 0.00481. The maximum absolute atomic E-state index is 11.6. The molecule has 0 saturated carbocycles. The van der Waals surface area contributed by atoms with Crippen molar-refractivity contribution in [2.24, 2.45) is 0 Å². The van der Waals surface area contributed by atoms with Crippen molar-refractivity contribution in [3.8, 4) is 0 Å². The zero-order valence-corrected chi connectivity index (χ0v) is 11.6. The first-order valence-corrected chi connectivity index (χ1v) is 6.19. The Morgan fingerprint density at radius 3 is 2.88 bits per heavy atom. The second kappa shape index (κ2) is 7.42. The van der Waals surface area contributed by atoms with E-state index in [4.69, 9.17) is 4.74 Å². The molecule has 0 radical (unpaired) electrons. The van der Waals surface area contributed by atoms with E-state index in [2.05, 4.69) is 26.6 Å². The van der Waals surface area contributed by atoms with E-state index < -0.39 is 0 Å². The highest BCUT2D eigenvalue weighted by Gasteiger charge is 2.09. The van der Waals surface area contributed by atoms with Gasteiger partial charge >= 0.3 is 0 Å². The molecule has 0 unspecified atom stereocenters. The Kier molecular flexibility index (Phi) is 6.18. The highest BCUT2D eigenvalue weighted by Crippen LogP contribution is 2.25. The van der Waals surface area contributed by atoms with Gasteiger partial charge in [-0.05, 0) is 19.2 Å². The number of benzene rings is 1. The predicted molar refractivity (Wildman–Crippen MR) is 72.0 cm³/mol. The Morgan fingerprint density at radius 1 is 1.47 bits per heavy atom. The summed E-state index contributed by atoms with van der Waals surface area (Å²) in [7, 11) is 3.45. The van der Waals surface area contributed by atoms with Crippen LogP contribution < -0.4 is 10.6 Å². The number of ether oxygens (including phenoxy) is 1. The molecule has 94 valence electrons. The fraction of sp³-hybridized carbons (Fsp3) is 0.417. The van der Waals surface area contributed by atoms with Gasteiger partial charge in [-0.3, -0.25) is 4.79 Å². The summed E-state index contributed by atoms with van der Waals surface area (Å²) >= 11 is 3.45. The van der Waals surface area contributed by atoms with Crippen molar-refractivity contribution in [3.63, 3.8) is 0 Å². The Balaban J connectivity index is 2.75. The van der Waals surface area contributed by atoms with E-state index in [1.165, 1.54) is 0 Å². The summed E-state index contributed by atoms with van der Waals surface area (Å²) in [6, 6.07) is 5.69. The molecule has 1 rings (SSSR count). The van der Waals surface area contributed by atoms with E-state index in [0.717, 1.165) is 15.7 Å². The van der Waals surface area contributed by atoms with Crippen LogP contribution in [0.4, 0.5) is 5.69 Å². The van der Waals surface area contributed by atoms with Gasteiger partial charge in [-0.25, -0.2) is 0 Å². The lowest BCUT2D eigenvalue weighted by molar-refractivity contribution is -0.116. The van der Waals surface area contributed by atoms with Crippen molar-refractivity contribution >= 4 is 27.5 Å². The highest BCUT2D eigenvalue weighted by atomic mass is 79.9. The van der Waals surface area contributed by atoms with Crippen LogP contribution in [0.2, 0.25) is 0 Å². The molecule has 0 saturated heterocycles. The summed E-state index contributed by atoms with van der Waals surface area (Å²) < 4.78 is 6.05. The van der Waals surface area contributed by atoms with Gasteiger partial charge in [0.15, 0.2) is 0 Å². The van der Waals surface area contributed by atoms with Crippen LogP contribution in [-0.4, -0.2) is 26.6 Å². The Bertz CT molecular complexity index is 383.